The zero-order valence-corrected chi connectivity index (χ0v) is 22.8. The van der Waals surface area contributed by atoms with Crippen LogP contribution in [0.3, 0.4) is 0 Å². The van der Waals surface area contributed by atoms with Crippen molar-refractivity contribution in [2.75, 3.05) is 31.1 Å². The summed E-state index contributed by atoms with van der Waals surface area (Å²) in [7, 11) is -4.02. The van der Waals surface area contributed by atoms with Crippen molar-refractivity contribution >= 4 is 33.1 Å². The SMILES string of the molecule is Cc1nc(-c2ccc(C(F)(F)F)cc2)nc(N2CCN(S(=O)(=O)c3ccc(Cl)c([N+](=O)[O-])c3)CC2)c1C(C)C. The smallest absolute Gasteiger partial charge is 0.354 e. The van der Waals surface area contributed by atoms with Crippen LogP contribution in [0.1, 0.15) is 36.6 Å². The first-order valence-electron chi connectivity index (χ1n) is 12.0. The van der Waals surface area contributed by atoms with Crippen LogP contribution in [0.2, 0.25) is 5.02 Å². The van der Waals surface area contributed by atoms with Crippen LogP contribution in [0.25, 0.3) is 11.4 Å². The Bertz CT molecular complexity index is 1510. The molecule has 9 nitrogen and oxygen atoms in total. The van der Waals surface area contributed by atoms with Gasteiger partial charge in [-0.15, -0.1) is 0 Å². The maximum absolute atomic E-state index is 13.2. The van der Waals surface area contributed by atoms with Crippen LogP contribution in [0, 0.1) is 17.0 Å². The van der Waals surface area contributed by atoms with Crippen LogP contribution in [0.4, 0.5) is 24.7 Å². The van der Waals surface area contributed by atoms with E-state index in [1.54, 1.807) is 0 Å². The number of halogens is 4. The molecule has 2 aromatic carbocycles. The number of piperazine rings is 1. The number of nitro groups is 1. The molecule has 2 heterocycles. The largest absolute Gasteiger partial charge is 0.416 e. The summed E-state index contributed by atoms with van der Waals surface area (Å²) in [6, 6.07) is 7.98. The summed E-state index contributed by atoms with van der Waals surface area (Å²) in [5, 5.41) is 11.1. The highest BCUT2D eigenvalue weighted by atomic mass is 35.5. The average Bonchev–Trinajstić information content (AvgIpc) is 2.87. The Kier molecular flexibility index (Phi) is 7.88. The summed E-state index contributed by atoms with van der Waals surface area (Å²) in [4.78, 5) is 21.4. The molecule has 0 radical (unpaired) electrons. The molecular weight excluding hydrogens is 559 g/mol. The topological polar surface area (TPSA) is 110 Å². The number of aromatic nitrogens is 2. The molecular formula is C25H25ClF3N5O4S. The van der Waals surface area contributed by atoms with Crippen molar-refractivity contribution in [1.82, 2.24) is 14.3 Å². The number of aryl methyl sites for hydroxylation is 1. The van der Waals surface area contributed by atoms with E-state index in [9.17, 15) is 31.7 Å². The molecule has 0 spiro atoms. The molecule has 14 heteroatoms. The van der Waals surface area contributed by atoms with Crippen molar-refractivity contribution < 1.29 is 26.5 Å². The second-order valence-electron chi connectivity index (χ2n) is 9.36. The first-order chi connectivity index (χ1) is 18.2. The molecule has 208 valence electrons. The van der Waals surface area contributed by atoms with Crippen molar-refractivity contribution in [3.05, 3.63) is 74.4 Å². The Hall–Kier alpha value is -3.29. The molecule has 1 aliphatic rings. The van der Waals surface area contributed by atoms with E-state index in [2.05, 4.69) is 4.98 Å². The molecule has 3 aromatic rings. The first-order valence-corrected chi connectivity index (χ1v) is 13.8. The third-order valence-electron chi connectivity index (χ3n) is 6.45. The Morgan fingerprint density at radius 3 is 2.18 bits per heavy atom. The van der Waals surface area contributed by atoms with Crippen molar-refractivity contribution in [1.29, 1.82) is 0 Å². The summed E-state index contributed by atoms with van der Waals surface area (Å²) in [5.74, 6) is 0.883. The van der Waals surface area contributed by atoms with Gasteiger partial charge in [0.15, 0.2) is 5.82 Å². The highest BCUT2D eigenvalue weighted by Gasteiger charge is 2.33. The van der Waals surface area contributed by atoms with E-state index in [-0.39, 0.29) is 47.8 Å². The Morgan fingerprint density at radius 2 is 1.64 bits per heavy atom. The number of nitro benzene ring substituents is 1. The molecule has 0 amide bonds. The van der Waals surface area contributed by atoms with E-state index in [1.807, 2.05) is 25.7 Å². The van der Waals surface area contributed by atoms with Crippen molar-refractivity contribution in [2.24, 2.45) is 0 Å². The lowest BCUT2D eigenvalue weighted by Gasteiger charge is -2.36. The first kappa shape index (κ1) is 28.7. The summed E-state index contributed by atoms with van der Waals surface area (Å²) < 4.78 is 66.7. The Balaban J connectivity index is 1.62. The number of nitrogens with zero attached hydrogens (tertiary/aromatic N) is 5. The van der Waals surface area contributed by atoms with Gasteiger partial charge >= 0.3 is 6.18 Å². The predicted molar refractivity (Wildman–Crippen MR) is 140 cm³/mol. The summed E-state index contributed by atoms with van der Waals surface area (Å²) in [5.41, 5.74) is 0.687. The number of anilines is 1. The maximum atomic E-state index is 13.2. The van der Waals surface area contributed by atoms with Crippen molar-refractivity contribution in [3.63, 3.8) is 0 Å². The minimum atomic E-state index is -4.46. The van der Waals surface area contributed by atoms with Crippen LogP contribution < -0.4 is 4.90 Å². The lowest BCUT2D eigenvalue weighted by atomic mass is 10.0. The molecule has 4 rings (SSSR count). The van der Waals surface area contributed by atoms with Gasteiger partial charge in [0.05, 0.1) is 15.4 Å². The van der Waals surface area contributed by atoms with Gasteiger partial charge < -0.3 is 4.90 Å². The lowest BCUT2D eigenvalue weighted by Crippen LogP contribution is -2.49. The van der Waals surface area contributed by atoms with Gasteiger partial charge in [-0.05, 0) is 37.1 Å². The van der Waals surface area contributed by atoms with E-state index >= 15 is 0 Å². The van der Waals surface area contributed by atoms with Gasteiger partial charge in [-0.1, -0.05) is 37.6 Å². The molecule has 0 bridgehead atoms. The van der Waals surface area contributed by atoms with Gasteiger partial charge in [0, 0.05) is 49.1 Å². The van der Waals surface area contributed by atoms with E-state index in [1.165, 1.54) is 28.6 Å². The standard InChI is InChI=1S/C25H25ClF3N5O4S/c1-15(2)22-16(3)30-23(17-4-6-18(7-5-17)25(27,28)29)31-24(22)32-10-12-33(13-11-32)39(37,38)19-8-9-20(26)21(14-19)34(35)36/h4-9,14-15H,10-13H2,1-3H3. The number of benzene rings is 2. The molecule has 0 aliphatic carbocycles. The zero-order chi connectivity index (χ0) is 28.7. The Labute approximate surface area is 228 Å². The number of hydrogen-bond acceptors (Lipinski definition) is 7. The molecule has 0 unspecified atom stereocenters. The third kappa shape index (κ3) is 5.85. The number of hydrogen-bond donors (Lipinski definition) is 0. The Morgan fingerprint density at radius 1 is 1.03 bits per heavy atom. The molecule has 1 aliphatic heterocycles. The zero-order valence-electron chi connectivity index (χ0n) is 21.2. The monoisotopic (exact) mass is 583 g/mol. The quantitative estimate of drug-likeness (QED) is 0.272. The van der Waals surface area contributed by atoms with Crippen LogP contribution in [-0.2, 0) is 16.2 Å². The van der Waals surface area contributed by atoms with Gasteiger partial charge in [0.25, 0.3) is 5.69 Å². The molecule has 1 saturated heterocycles. The fraction of sp³-hybridized carbons (Fsp3) is 0.360. The molecule has 1 aromatic heterocycles. The fourth-order valence-corrected chi connectivity index (χ4v) is 6.13. The van der Waals surface area contributed by atoms with Gasteiger partial charge in [-0.2, -0.15) is 17.5 Å². The maximum Gasteiger partial charge on any atom is 0.416 e. The fourth-order valence-electron chi connectivity index (χ4n) is 4.50. The summed E-state index contributed by atoms with van der Waals surface area (Å²) in [6.07, 6.45) is -4.46. The van der Waals surface area contributed by atoms with Crippen LogP contribution in [0.5, 0.6) is 0 Å². The van der Waals surface area contributed by atoms with Crippen LogP contribution in [-0.4, -0.2) is 53.8 Å². The highest BCUT2D eigenvalue weighted by molar-refractivity contribution is 7.89. The second-order valence-corrected chi connectivity index (χ2v) is 11.7. The second kappa shape index (κ2) is 10.7. The predicted octanol–water partition coefficient (Wildman–Crippen LogP) is 5.67. The molecule has 0 saturated carbocycles. The van der Waals surface area contributed by atoms with E-state index in [0.717, 1.165) is 23.8 Å². The van der Waals surface area contributed by atoms with E-state index in [4.69, 9.17) is 16.6 Å². The normalized spacial score (nSPS) is 15.1. The minimum absolute atomic E-state index is 0.0260. The summed E-state index contributed by atoms with van der Waals surface area (Å²) >= 11 is 5.83. The van der Waals surface area contributed by atoms with Crippen LogP contribution >= 0.6 is 11.6 Å². The third-order valence-corrected chi connectivity index (χ3v) is 8.67. The molecule has 0 N–H and O–H groups in total. The molecule has 1 fully saturated rings. The van der Waals surface area contributed by atoms with E-state index < -0.39 is 32.4 Å². The number of sulfonamides is 1. The molecule has 0 atom stereocenters. The molecule has 39 heavy (non-hydrogen) atoms. The van der Waals surface area contributed by atoms with Gasteiger partial charge in [-0.25, -0.2) is 18.4 Å². The van der Waals surface area contributed by atoms with E-state index in [0.29, 0.717) is 17.1 Å². The highest BCUT2D eigenvalue weighted by Crippen LogP contribution is 2.34. The lowest BCUT2D eigenvalue weighted by molar-refractivity contribution is -0.384. The van der Waals surface area contributed by atoms with Crippen molar-refractivity contribution in [2.45, 2.75) is 37.8 Å². The minimum Gasteiger partial charge on any atom is -0.354 e. The van der Waals surface area contributed by atoms with Crippen LogP contribution in [0.15, 0.2) is 47.4 Å². The number of alkyl halides is 3. The average molecular weight is 584 g/mol. The summed E-state index contributed by atoms with van der Waals surface area (Å²) in [6.45, 7) is 6.49. The van der Waals surface area contributed by atoms with Gasteiger partial charge in [0.2, 0.25) is 10.0 Å². The van der Waals surface area contributed by atoms with Gasteiger partial charge in [0.1, 0.15) is 10.8 Å². The van der Waals surface area contributed by atoms with Gasteiger partial charge in [-0.3, -0.25) is 10.1 Å². The van der Waals surface area contributed by atoms with Crippen molar-refractivity contribution in [3.8, 4) is 11.4 Å². The number of rotatable bonds is 6.